The molecule has 2 aromatic rings. The molecule has 1 aliphatic carbocycles. The molecule has 0 fully saturated rings. The van der Waals surface area contributed by atoms with Crippen LogP contribution in [0.1, 0.15) is 35.4 Å². The van der Waals surface area contributed by atoms with Crippen LogP contribution < -0.4 is 4.74 Å². The summed E-state index contributed by atoms with van der Waals surface area (Å²) in [7, 11) is 1.62. The summed E-state index contributed by atoms with van der Waals surface area (Å²) < 4.78 is 10.6. The number of ketones is 1. The van der Waals surface area contributed by atoms with E-state index in [4.69, 9.17) is 9.15 Å². The van der Waals surface area contributed by atoms with Crippen molar-refractivity contribution >= 4 is 11.4 Å². The molecule has 1 aromatic heterocycles. The van der Waals surface area contributed by atoms with Crippen LogP contribution in [0.2, 0.25) is 0 Å². The minimum absolute atomic E-state index is 0.0940. The summed E-state index contributed by atoms with van der Waals surface area (Å²) in [5.74, 6) is 1.67. The van der Waals surface area contributed by atoms with Crippen LogP contribution in [0.4, 0.5) is 0 Å². The highest BCUT2D eigenvalue weighted by Gasteiger charge is 2.24. The topological polar surface area (TPSA) is 39.4 Å². The van der Waals surface area contributed by atoms with Crippen LogP contribution in [-0.4, -0.2) is 12.9 Å². The Morgan fingerprint density at radius 2 is 1.95 bits per heavy atom. The minimum Gasteiger partial charge on any atom is -0.497 e. The van der Waals surface area contributed by atoms with Gasteiger partial charge in [-0.2, -0.15) is 0 Å². The van der Waals surface area contributed by atoms with E-state index in [1.165, 1.54) is 0 Å². The maximum absolute atomic E-state index is 12.6. The van der Waals surface area contributed by atoms with E-state index in [-0.39, 0.29) is 5.78 Å². The molecule has 1 aliphatic rings. The van der Waals surface area contributed by atoms with Crippen molar-refractivity contribution in [3.05, 3.63) is 59.6 Å². The third-order valence-corrected chi connectivity index (χ3v) is 3.66. The van der Waals surface area contributed by atoms with Gasteiger partial charge in [0.2, 0.25) is 0 Å². The van der Waals surface area contributed by atoms with Gasteiger partial charge in [0.15, 0.2) is 5.78 Å². The van der Waals surface area contributed by atoms with Crippen LogP contribution in [0.3, 0.4) is 0 Å². The maximum Gasteiger partial charge on any atom is 0.189 e. The lowest BCUT2D eigenvalue weighted by Gasteiger charge is -2.06. The molecule has 1 aromatic carbocycles. The smallest absolute Gasteiger partial charge is 0.189 e. The monoisotopic (exact) mass is 268 g/mol. The van der Waals surface area contributed by atoms with Gasteiger partial charge in [-0.15, -0.1) is 0 Å². The molecule has 20 heavy (non-hydrogen) atoms. The summed E-state index contributed by atoms with van der Waals surface area (Å²) in [5.41, 5.74) is 2.63. The lowest BCUT2D eigenvalue weighted by atomic mass is 9.99. The van der Waals surface area contributed by atoms with E-state index in [1.54, 1.807) is 13.4 Å². The van der Waals surface area contributed by atoms with E-state index < -0.39 is 0 Å². The number of benzene rings is 1. The molecule has 0 saturated carbocycles. The van der Waals surface area contributed by atoms with Gasteiger partial charge in [-0.25, -0.2) is 0 Å². The molecule has 0 saturated heterocycles. The van der Waals surface area contributed by atoms with Crippen molar-refractivity contribution in [2.45, 2.75) is 19.3 Å². The zero-order valence-corrected chi connectivity index (χ0v) is 11.4. The molecule has 3 rings (SSSR count). The third kappa shape index (κ3) is 2.27. The van der Waals surface area contributed by atoms with Crippen LogP contribution >= 0.6 is 0 Å². The molecule has 0 N–H and O–H groups in total. The average molecular weight is 268 g/mol. The van der Waals surface area contributed by atoms with E-state index in [1.807, 2.05) is 36.4 Å². The number of ether oxygens (including phenoxy) is 1. The zero-order chi connectivity index (χ0) is 13.9. The van der Waals surface area contributed by atoms with Gasteiger partial charge in [0, 0.05) is 16.7 Å². The Hall–Kier alpha value is -2.29. The molecule has 0 spiro atoms. The number of methoxy groups -OCH3 is 1. The van der Waals surface area contributed by atoms with E-state index >= 15 is 0 Å². The van der Waals surface area contributed by atoms with Crippen molar-refractivity contribution in [3.63, 3.8) is 0 Å². The standard InChI is InChI=1S/C17H16O3/c1-19-13-9-7-12(8-10-13)17(18)15-5-2-4-14(15)16-6-3-11-20-16/h3,6-11H,2,4-5H2,1H3. The molecule has 102 valence electrons. The van der Waals surface area contributed by atoms with Gasteiger partial charge < -0.3 is 9.15 Å². The summed E-state index contributed by atoms with van der Waals surface area (Å²) in [4.78, 5) is 12.6. The van der Waals surface area contributed by atoms with Gasteiger partial charge in [-0.05, 0) is 55.7 Å². The summed E-state index contributed by atoms with van der Waals surface area (Å²) in [6.07, 6.45) is 4.38. The first-order valence-electron chi connectivity index (χ1n) is 6.74. The van der Waals surface area contributed by atoms with Gasteiger partial charge in [-0.3, -0.25) is 4.79 Å². The fraction of sp³-hybridized carbons (Fsp3) is 0.235. The molecule has 0 unspecified atom stereocenters. The Morgan fingerprint density at radius 3 is 2.60 bits per heavy atom. The highest BCUT2D eigenvalue weighted by atomic mass is 16.5. The molecule has 0 radical (unpaired) electrons. The van der Waals surface area contributed by atoms with E-state index in [2.05, 4.69) is 0 Å². The number of carbonyl (C=O) groups is 1. The Balaban J connectivity index is 1.94. The largest absolute Gasteiger partial charge is 0.497 e. The first kappa shape index (κ1) is 12.7. The predicted molar refractivity (Wildman–Crippen MR) is 76.8 cm³/mol. The molecule has 3 nitrogen and oxygen atoms in total. The van der Waals surface area contributed by atoms with E-state index in [9.17, 15) is 4.79 Å². The summed E-state index contributed by atoms with van der Waals surface area (Å²) in [5, 5.41) is 0. The Kier molecular flexibility index (Phi) is 3.42. The summed E-state index contributed by atoms with van der Waals surface area (Å²) in [6.45, 7) is 0. The summed E-state index contributed by atoms with van der Waals surface area (Å²) in [6, 6.07) is 11.0. The Bertz CT molecular complexity index is 633. The first-order valence-corrected chi connectivity index (χ1v) is 6.74. The van der Waals surface area contributed by atoms with Gasteiger partial charge in [0.25, 0.3) is 0 Å². The fourth-order valence-corrected chi connectivity index (χ4v) is 2.63. The van der Waals surface area contributed by atoms with Gasteiger partial charge >= 0.3 is 0 Å². The predicted octanol–water partition coefficient (Wildman–Crippen LogP) is 4.11. The van der Waals surface area contributed by atoms with Gasteiger partial charge in [0.05, 0.1) is 13.4 Å². The normalized spacial score (nSPS) is 14.7. The minimum atomic E-state index is 0.0940. The van der Waals surface area contributed by atoms with Crippen LogP contribution in [-0.2, 0) is 0 Å². The number of rotatable bonds is 4. The third-order valence-electron chi connectivity index (χ3n) is 3.66. The molecule has 0 bridgehead atoms. The number of carbonyl (C=O) groups excluding carboxylic acids is 1. The molecular formula is C17H16O3. The quantitative estimate of drug-likeness (QED) is 0.783. The Morgan fingerprint density at radius 1 is 1.15 bits per heavy atom. The molecule has 1 heterocycles. The van der Waals surface area contributed by atoms with E-state index in [0.717, 1.165) is 41.9 Å². The number of furan rings is 1. The molecule has 0 atom stereocenters. The molecule has 0 aliphatic heterocycles. The van der Waals surface area contributed by atoms with Crippen molar-refractivity contribution < 1.29 is 13.9 Å². The van der Waals surface area contributed by atoms with Gasteiger partial charge in [-0.1, -0.05) is 0 Å². The van der Waals surface area contributed by atoms with Gasteiger partial charge in [0.1, 0.15) is 11.5 Å². The van der Waals surface area contributed by atoms with Crippen LogP contribution in [0.5, 0.6) is 5.75 Å². The van der Waals surface area contributed by atoms with Crippen molar-refractivity contribution in [2.75, 3.05) is 7.11 Å². The summed E-state index contributed by atoms with van der Waals surface area (Å²) >= 11 is 0. The van der Waals surface area contributed by atoms with Crippen LogP contribution in [0, 0.1) is 0 Å². The number of hydrogen-bond acceptors (Lipinski definition) is 3. The highest BCUT2D eigenvalue weighted by molar-refractivity contribution is 6.13. The first-order chi connectivity index (χ1) is 9.79. The average Bonchev–Trinajstić information content (AvgIpc) is 3.16. The van der Waals surface area contributed by atoms with Crippen LogP contribution in [0.25, 0.3) is 5.57 Å². The number of hydrogen-bond donors (Lipinski definition) is 0. The Labute approximate surface area is 117 Å². The molecule has 0 amide bonds. The second-order valence-corrected chi connectivity index (χ2v) is 4.85. The SMILES string of the molecule is COc1ccc(C(=O)C2=C(c3ccco3)CCC2)cc1. The maximum atomic E-state index is 12.6. The van der Waals surface area contributed by atoms with Crippen LogP contribution in [0.15, 0.2) is 52.7 Å². The fourth-order valence-electron chi connectivity index (χ4n) is 2.63. The lowest BCUT2D eigenvalue weighted by molar-refractivity contribution is 0.103. The molecule has 3 heteroatoms. The molecular weight excluding hydrogens is 252 g/mol. The van der Waals surface area contributed by atoms with Crippen molar-refractivity contribution in [3.8, 4) is 5.75 Å². The van der Waals surface area contributed by atoms with Crippen molar-refractivity contribution in [1.82, 2.24) is 0 Å². The highest BCUT2D eigenvalue weighted by Crippen LogP contribution is 2.35. The number of Topliss-reactive ketones (excluding diaryl/α,β-unsaturated/α-hetero) is 1. The lowest BCUT2D eigenvalue weighted by Crippen LogP contribution is -2.03. The second-order valence-electron chi connectivity index (χ2n) is 4.85. The number of allylic oxidation sites excluding steroid dienone is 2. The zero-order valence-electron chi connectivity index (χ0n) is 11.4. The second kappa shape index (κ2) is 5.37. The van der Waals surface area contributed by atoms with Crippen molar-refractivity contribution in [2.24, 2.45) is 0 Å². The van der Waals surface area contributed by atoms with Crippen molar-refractivity contribution in [1.29, 1.82) is 0 Å². The van der Waals surface area contributed by atoms with E-state index in [0.29, 0.717) is 5.56 Å².